The third-order valence-corrected chi connectivity index (χ3v) is 3.34. The molecule has 2 unspecified atom stereocenters. The standard InChI is InChI=1S/C10H15N7O4/c11-16-15-8-5-9(13-2-12-8)17(3-14-5)10-7(20)6(19)4(1-18)21-10/h2-4,6-7,10,16,18-20H,1,11H2,(H,12,13,15)/t4-,6?,7?,10-/m1/s1. The lowest BCUT2D eigenvalue weighted by Gasteiger charge is -2.16. The first-order valence-electron chi connectivity index (χ1n) is 6.19. The molecule has 0 amide bonds. The van der Waals surface area contributed by atoms with Crippen LogP contribution in [0.4, 0.5) is 5.82 Å². The quantitative estimate of drug-likeness (QED) is 0.257. The van der Waals surface area contributed by atoms with Crippen molar-refractivity contribution in [3.8, 4) is 0 Å². The molecule has 0 saturated carbocycles. The van der Waals surface area contributed by atoms with E-state index < -0.39 is 31.1 Å². The zero-order valence-electron chi connectivity index (χ0n) is 10.8. The Hall–Kier alpha value is -1.89. The van der Waals surface area contributed by atoms with Crippen molar-refractivity contribution in [3.63, 3.8) is 0 Å². The summed E-state index contributed by atoms with van der Waals surface area (Å²) in [7, 11) is 0. The number of hydrazine groups is 2. The monoisotopic (exact) mass is 297 g/mol. The Bertz CT molecular complexity index is 635. The van der Waals surface area contributed by atoms with Gasteiger partial charge in [0.1, 0.15) is 24.6 Å². The van der Waals surface area contributed by atoms with Gasteiger partial charge < -0.3 is 20.1 Å². The molecule has 3 heterocycles. The molecule has 3 rings (SSSR count). The second-order valence-electron chi connectivity index (χ2n) is 4.54. The van der Waals surface area contributed by atoms with Gasteiger partial charge in [-0.05, 0) is 0 Å². The van der Waals surface area contributed by atoms with E-state index in [1.54, 1.807) is 0 Å². The summed E-state index contributed by atoms with van der Waals surface area (Å²) in [4.78, 5) is 12.2. The van der Waals surface area contributed by atoms with Crippen LogP contribution in [0.5, 0.6) is 0 Å². The van der Waals surface area contributed by atoms with E-state index in [1.165, 1.54) is 17.2 Å². The average molecular weight is 297 g/mol. The minimum absolute atomic E-state index is 0.355. The van der Waals surface area contributed by atoms with Crippen LogP contribution >= 0.6 is 0 Å². The van der Waals surface area contributed by atoms with Crippen LogP contribution in [0.1, 0.15) is 6.23 Å². The first kappa shape index (κ1) is 14.1. The number of rotatable bonds is 4. The normalized spacial score (nSPS) is 29.1. The molecule has 0 radical (unpaired) electrons. The minimum Gasteiger partial charge on any atom is -0.394 e. The molecule has 7 N–H and O–H groups in total. The molecule has 0 bridgehead atoms. The van der Waals surface area contributed by atoms with Gasteiger partial charge in [0.05, 0.1) is 12.9 Å². The molecular formula is C10H15N7O4. The van der Waals surface area contributed by atoms with Crippen molar-refractivity contribution < 1.29 is 20.1 Å². The zero-order chi connectivity index (χ0) is 15.0. The maximum Gasteiger partial charge on any atom is 0.172 e. The maximum absolute atomic E-state index is 10.0. The summed E-state index contributed by atoms with van der Waals surface area (Å²) in [5.41, 5.74) is 5.64. The smallest absolute Gasteiger partial charge is 0.172 e. The van der Waals surface area contributed by atoms with Crippen molar-refractivity contribution in [2.24, 2.45) is 5.84 Å². The van der Waals surface area contributed by atoms with Crippen LogP contribution in [0.25, 0.3) is 11.2 Å². The number of aliphatic hydroxyl groups excluding tert-OH is 3. The number of aromatic nitrogens is 4. The molecule has 1 fully saturated rings. The molecule has 2 aromatic heterocycles. The number of nitrogens with zero attached hydrogens (tertiary/aromatic N) is 4. The van der Waals surface area contributed by atoms with Gasteiger partial charge in [-0.25, -0.2) is 15.0 Å². The Morgan fingerprint density at radius 3 is 2.76 bits per heavy atom. The number of hydrogen-bond acceptors (Lipinski definition) is 10. The number of nitrogens with two attached hydrogens (primary N) is 1. The molecule has 114 valence electrons. The summed E-state index contributed by atoms with van der Waals surface area (Å²) in [5.74, 6) is 5.53. The number of anilines is 1. The zero-order valence-corrected chi connectivity index (χ0v) is 10.8. The first-order chi connectivity index (χ1) is 10.2. The number of fused-ring (bicyclic) bond motifs is 1. The molecule has 11 heteroatoms. The van der Waals surface area contributed by atoms with E-state index in [4.69, 9.17) is 15.7 Å². The van der Waals surface area contributed by atoms with Gasteiger partial charge in [0.2, 0.25) is 0 Å². The lowest BCUT2D eigenvalue weighted by molar-refractivity contribution is -0.0511. The molecule has 1 saturated heterocycles. The van der Waals surface area contributed by atoms with Gasteiger partial charge in [-0.1, -0.05) is 0 Å². The summed E-state index contributed by atoms with van der Waals surface area (Å²) in [6.07, 6.45) is -1.48. The molecule has 0 aromatic carbocycles. The first-order valence-corrected chi connectivity index (χ1v) is 6.19. The Kier molecular flexibility index (Phi) is 3.67. The largest absolute Gasteiger partial charge is 0.394 e. The summed E-state index contributed by atoms with van der Waals surface area (Å²) >= 11 is 0. The summed E-state index contributed by atoms with van der Waals surface area (Å²) < 4.78 is 6.90. The van der Waals surface area contributed by atoms with Crippen LogP contribution in [0.3, 0.4) is 0 Å². The van der Waals surface area contributed by atoms with E-state index in [0.717, 1.165) is 0 Å². The Morgan fingerprint density at radius 1 is 1.29 bits per heavy atom. The molecule has 2 aromatic rings. The summed E-state index contributed by atoms with van der Waals surface area (Å²) in [6, 6.07) is 0. The summed E-state index contributed by atoms with van der Waals surface area (Å²) in [6.45, 7) is -0.403. The number of imidazole rings is 1. The van der Waals surface area contributed by atoms with Crippen molar-refractivity contribution in [2.45, 2.75) is 24.5 Å². The van der Waals surface area contributed by atoms with Crippen LogP contribution in [0.15, 0.2) is 12.7 Å². The van der Waals surface area contributed by atoms with Crippen molar-refractivity contribution >= 4 is 17.0 Å². The van der Waals surface area contributed by atoms with Crippen LogP contribution in [-0.2, 0) is 4.74 Å². The van der Waals surface area contributed by atoms with Gasteiger partial charge >= 0.3 is 0 Å². The van der Waals surface area contributed by atoms with E-state index in [1.807, 2.05) is 0 Å². The molecule has 21 heavy (non-hydrogen) atoms. The SMILES string of the molecule is NNNc1ncnc2c1ncn2[C@@H]1O[C@H](CO)C(O)C1O. The Morgan fingerprint density at radius 2 is 2.10 bits per heavy atom. The Labute approximate surface area is 118 Å². The topological polar surface area (TPSA) is 164 Å². The fourth-order valence-corrected chi connectivity index (χ4v) is 2.31. The highest BCUT2D eigenvalue weighted by molar-refractivity contribution is 5.82. The number of aliphatic hydroxyl groups is 3. The second kappa shape index (κ2) is 5.48. The van der Waals surface area contributed by atoms with Crippen LogP contribution in [-0.4, -0.2) is 59.8 Å². The van der Waals surface area contributed by atoms with Crippen LogP contribution in [0, 0.1) is 0 Å². The second-order valence-corrected chi connectivity index (χ2v) is 4.54. The van der Waals surface area contributed by atoms with E-state index in [2.05, 4.69) is 25.9 Å². The van der Waals surface area contributed by atoms with Crippen molar-refractivity contribution in [2.75, 3.05) is 12.0 Å². The number of ether oxygens (including phenoxy) is 1. The van der Waals surface area contributed by atoms with Gasteiger partial charge in [0.15, 0.2) is 23.2 Å². The highest BCUT2D eigenvalue weighted by atomic mass is 16.6. The summed E-state index contributed by atoms with van der Waals surface area (Å²) in [5, 5.41) is 29.0. The highest BCUT2D eigenvalue weighted by Crippen LogP contribution is 2.31. The minimum atomic E-state index is -1.21. The van der Waals surface area contributed by atoms with E-state index >= 15 is 0 Å². The Balaban J connectivity index is 2.00. The van der Waals surface area contributed by atoms with Gasteiger partial charge in [-0.2, -0.15) is 5.53 Å². The van der Waals surface area contributed by atoms with E-state index in [9.17, 15) is 10.2 Å². The van der Waals surface area contributed by atoms with E-state index in [0.29, 0.717) is 17.0 Å². The molecule has 4 atom stereocenters. The lowest BCUT2D eigenvalue weighted by atomic mass is 10.1. The number of hydrogen-bond donors (Lipinski definition) is 6. The van der Waals surface area contributed by atoms with Gasteiger partial charge in [0, 0.05) is 0 Å². The molecule has 1 aliphatic rings. The maximum atomic E-state index is 10.0. The predicted octanol–water partition coefficient (Wildman–Crippen LogP) is -2.77. The van der Waals surface area contributed by atoms with Crippen LogP contribution in [0.2, 0.25) is 0 Å². The molecule has 0 aliphatic carbocycles. The molecule has 1 aliphatic heterocycles. The molecule has 11 nitrogen and oxygen atoms in total. The third kappa shape index (κ3) is 2.21. The van der Waals surface area contributed by atoms with Gasteiger partial charge in [0.25, 0.3) is 0 Å². The lowest BCUT2D eigenvalue weighted by Crippen LogP contribution is -2.33. The van der Waals surface area contributed by atoms with E-state index in [-0.39, 0.29) is 0 Å². The third-order valence-electron chi connectivity index (χ3n) is 3.34. The average Bonchev–Trinajstić information content (AvgIpc) is 3.03. The highest BCUT2D eigenvalue weighted by Gasteiger charge is 2.43. The van der Waals surface area contributed by atoms with Gasteiger partial charge in [-0.3, -0.25) is 15.8 Å². The van der Waals surface area contributed by atoms with Gasteiger partial charge in [-0.15, -0.1) is 0 Å². The van der Waals surface area contributed by atoms with Crippen LogP contribution < -0.4 is 16.8 Å². The van der Waals surface area contributed by atoms with Crippen molar-refractivity contribution in [3.05, 3.63) is 12.7 Å². The predicted molar refractivity (Wildman–Crippen MR) is 69.3 cm³/mol. The molecule has 0 spiro atoms. The number of nitrogens with one attached hydrogen (secondary N) is 2. The van der Waals surface area contributed by atoms with Crippen molar-refractivity contribution in [1.82, 2.24) is 25.1 Å². The van der Waals surface area contributed by atoms with Crippen molar-refractivity contribution in [1.29, 1.82) is 0 Å². The molecular weight excluding hydrogens is 282 g/mol. The fraction of sp³-hybridized carbons (Fsp3) is 0.500. The fourth-order valence-electron chi connectivity index (χ4n) is 2.31.